The van der Waals surface area contributed by atoms with Gasteiger partial charge in [0.2, 0.25) is 11.8 Å². The van der Waals surface area contributed by atoms with Gasteiger partial charge in [0.25, 0.3) is 0 Å². The third kappa shape index (κ3) is 4.20. The van der Waals surface area contributed by atoms with Gasteiger partial charge < -0.3 is 15.5 Å². The summed E-state index contributed by atoms with van der Waals surface area (Å²) < 4.78 is 0. The molecule has 22 heavy (non-hydrogen) atoms. The summed E-state index contributed by atoms with van der Waals surface area (Å²) in [5, 5.41) is 6.42. The standard InChI is InChI=1S/C16H28N4O2/c1-12-10-13(4-5-17-12)16(22)20-8-6-19(7-9-20)11-15(21)18-14-2-3-14/h12-14,17H,2-11H2,1H3,(H,18,21)/t12-,13-/m0/s1. The first-order chi connectivity index (χ1) is 10.6. The van der Waals surface area contributed by atoms with Crippen LogP contribution in [0.4, 0.5) is 0 Å². The summed E-state index contributed by atoms with van der Waals surface area (Å²) in [7, 11) is 0. The van der Waals surface area contributed by atoms with Crippen LogP contribution in [0.5, 0.6) is 0 Å². The number of amides is 2. The summed E-state index contributed by atoms with van der Waals surface area (Å²) in [5.74, 6) is 0.630. The lowest BCUT2D eigenvalue weighted by Crippen LogP contribution is -2.53. The Kier molecular flexibility index (Phi) is 4.98. The summed E-state index contributed by atoms with van der Waals surface area (Å²) in [5.41, 5.74) is 0. The molecule has 0 spiro atoms. The third-order valence-electron chi connectivity index (χ3n) is 4.97. The second kappa shape index (κ2) is 6.96. The van der Waals surface area contributed by atoms with Crippen LogP contribution in [-0.4, -0.2) is 73.0 Å². The van der Waals surface area contributed by atoms with E-state index in [-0.39, 0.29) is 11.8 Å². The Hall–Kier alpha value is -1.14. The van der Waals surface area contributed by atoms with E-state index in [0.717, 1.165) is 58.4 Å². The fourth-order valence-corrected chi connectivity index (χ4v) is 3.44. The quantitative estimate of drug-likeness (QED) is 0.755. The topological polar surface area (TPSA) is 64.7 Å². The molecule has 0 radical (unpaired) electrons. The largest absolute Gasteiger partial charge is 0.352 e. The van der Waals surface area contributed by atoms with Crippen LogP contribution in [0, 0.1) is 5.92 Å². The molecule has 2 heterocycles. The van der Waals surface area contributed by atoms with Crippen LogP contribution >= 0.6 is 0 Å². The van der Waals surface area contributed by atoms with Gasteiger partial charge in [0.05, 0.1) is 6.54 Å². The minimum atomic E-state index is 0.134. The Morgan fingerprint density at radius 2 is 1.86 bits per heavy atom. The monoisotopic (exact) mass is 308 g/mol. The number of piperidine rings is 1. The molecule has 0 aromatic heterocycles. The van der Waals surface area contributed by atoms with Crippen LogP contribution in [0.2, 0.25) is 0 Å². The van der Waals surface area contributed by atoms with Crippen molar-refractivity contribution in [2.45, 2.75) is 44.7 Å². The van der Waals surface area contributed by atoms with Crippen LogP contribution in [0.1, 0.15) is 32.6 Å². The first-order valence-electron chi connectivity index (χ1n) is 8.65. The molecular weight excluding hydrogens is 280 g/mol. The fourth-order valence-electron chi connectivity index (χ4n) is 3.44. The van der Waals surface area contributed by atoms with E-state index in [1.165, 1.54) is 0 Å². The van der Waals surface area contributed by atoms with Crippen molar-refractivity contribution in [1.82, 2.24) is 20.4 Å². The average Bonchev–Trinajstić information content (AvgIpc) is 3.31. The highest BCUT2D eigenvalue weighted by Gasteiger charge is 2.31. The highest BCUT2D eigenvalue weighted by molar-refractivity contribution is 5.80. The Morgan fingerprint density at radius 1 is 1.14 bits per heavy atom. The molecule has 0 aromatic rings. The van der Waals surface area contributed by atoms with Gasteiger partial charge in [-0.2, -0.15) is 0 Å². The van der Waals surface area contributed by atoms with Crippen LogP contribution < -0.4 is 10.6 Å². The predicted octanol–water partition coefficient (Wildman–Crippen LogP) is -0.203. The van der Waals surface area contributed by atoms with Gasteiger partial charge in [0.15, 0.2) is 0 Å². The molecule has 1 aliphatic carbocycles. The van der Waals surface area contributed by atoms with E-state index in [1.54, 1.807) is 0 Å². The molecule has 3 fully saturated rings. The predicted molar refractivity (Wildman–Crippen MR) is 84.4 cm³/mol. The van der Waals surface area contributed by atoms with Crippen molar-refractivity contribution < 1.29 is 9.59 Å². The smallest absolute Gasteiger partial charge is 0.234 e. The molecule has 0 aromatic carbocycles. The zero-order valence-corrected chi connectivity index (χ0v) is 13.5. The molecule has 6 nitrogen and oxygen atoms in total. The fraction of sp³-hybridized carbons (Fsp3) is 0.875. The van der Waals surface area contributed by atoms with Gasteiger partial charge in [-0.3, -0.25) is 14.5 Å². The van der Waals surface area contributed by atoms with Gasteiger partial charge in [0, 0.05) is 44.2 Å². The van der Waals surface area contributed by atoms with Gasteiger partial charge in [-0.1, -0.05) is 0 Å². The summed E-state index contributed by atoms with van der Waals surface area (Å²) >= 11 is 0. The number of hydrogen-bond donors (Lipinski definition) is 2. The van der Waals surface area contributed by atoms with Gasteiger partial charge in [-0.15, -0.1) is 0 Å². The lowest BCUT2D eigenvalue weighted by Gasteiger charge is -2.37. The van der Waals surface area contributed by atoms with E-state index in [0.29, 0.717) is 24.5 Å². The number of nitrogens with zero attached hydrogens (tertiary/aromatic N) is 2. The Labute approximate surface area is 132 Å². The highest BCUT2D eigenvalue weighted by Crippen LogP contribution is 2.20. The van der Waals surface area contributed by atoms with Crippen molar-refractivity contribution in [3.63, 3.8) is 0 Å². The molecule has 2 aliphatic heterocycles. The molecule has 3 aliphatic rings. The average molecular weight is 308 g/mol. The van der Waals surface area contributed by atoms with E-state index in [1.807, 2.05) is 4.90 Å². The summed E-state index contributed by atoms with van der Waals surface area (Å²) in [6.45, 7) is 6.70. The maximum atomic E-state index is 12.6. The molecule has 0 unspecified atom stereocenters. The third-order valence-corrected chi connectivity index (χ3v) is 4.97. The lowest BCUT2D eigenvalue weighted by molar-refractivity contribution is -0.138. The van der Waals surface area contributed by atoms with Crippen molar-refractivity contribution >= 4 is 11.8 Å². The molecule has 2 amide bonds. The van der Waals surface area contributed by atoms with Crippen molar-refractivity contribution in [2.24, 2.45) is 5.92 Å². The second-order valence-electron chi connectivity index (χ2n) is 7.02. The van der Waals surface area contributed by atoms with E-state index in [2.05, 4.69) is 22.5 Å². The number of carbonyl (C=O) groups is 2. The lowest BCUT2D eigenvalue weighted by atomic mass is 9.92. The SMILES string of the molecule is C[C@H]1C[C@@H](C(=O)N2CCN(CC(=O)NC3CC3)CC2)CCN1. The summed E-state index contributed by atoms with van der Waals surface area (Å²) in [6.07, 6.45) is 4.15. The van der Waals surface area contributed by atoms with Gasteiger partial charge in [-0.25, -0.2) is 0 Å². The number of nitrogens with one attached hydrogen (secondary N) is 2. The Morgan fingerprint density at radius 3 is 2.50 bits per heavy atom. The summed E-state index contributed by atoms with van der Waals surface area (Å²) in [4.78, 5) is 28.6. The molecule has 2 saturated heterocycles. The van der Waals surface area contributed by atoms with Crippen molar-refractivity contribution in [3.8, 4) is 0 Å². The van der Waals surface area contributed by atoms with E-state index in [9.17, 15) is 9.59 Å². The first kappa shape index (κ1) is 15.7. The van der Waals surface area contributed by atoms with Crippen LogP contribution in [0.15, 0.2) is 0 Å². The minimum absolute atomic E-state index is 0.134. The van der Waals surface area contributed by atoms with Crippen LogP contribution in [-0.2, 0) is 9.59 Å². The zero-order chi connectivity index (χ0) is 15.5. The molecule has 0 bridgehead atoms. The molecule has 6 heteroatoms. The van der Waals surface area contributed by atoms with Crippen molar-refractivity contribution in [3.05, 3.63) is 0 Å². The maximum absolute atomic E-state index is 12.6. The van der Waals surface area contributed by atoms with Crippen LogP contribution in [0.25, 0.3) is 0 Å². The minimum Gasteiger partial charge on any atom is -0.352 e. The molecule has 3 rings (SSSR count). The highest BCUT2D eigenvalue weighted by atomic mass is 16.2. The molecular formula is C16H28N4O2. The Balaban J connectivity index is 1.40. The van der Waals surface area contributed by atoms with Crippen molar-refractivity contribution in [2.75, 3.05) is 39.3 Å². The molecule has 2 N–H and O–H groups in total. The van der Waals surface area contributed by atoms with E-state index in [4.69, 9.17) is 0 Å². The second-order valence-corrected chi connectivity index (χ2v) is 7.02. The van der Waals surface area contributed by atoms with Gasteiger partial charge >= 0.3 is 0 Å². The normalized spacial score (nSPS) is 30.1. The molecule has 124 valence electrons. The van der Waals surface area contributed by atoms with Gasteiger partial charge in [-0.05, 0) is 39.2 Å². The van der Waals surface area contributed by atoms with Gasteiger partial charge in [0.1, 0.15) is 0 Å². The van der Waals surface area contributed by atoms with Crippen molar-refractivity contribution in [1.29, 1.82) is 0 Å². The number of carbonyl (C=O) groups excluding carboxylic acids is 2. The number of rotatable bonds is 4. The number of hydrogen-bond acceptors (Lipinski definition) is 4. The zero-order valence-electron chi connectivity index (χ0n) is 13.5. The van der Waals surface area contributed by atoms with E-state index < -0.39 is 0 Å². The van der Waals surface area contributed by atoms with E-state index >= 15 is 0 Å². The first-order valence-corrected chi connectivity index (χ1v) is 8.65. The van der Waals surface area contributed by atoms with Crippen LogP contribution in [0.3, 0.4) is 0 Å². The maximum Gasteiger partial charge on any atom is 0.234 e. The molecule has 2 atom stereocenters. The summed E-state index contributed by atoms with van der Waals surface area (Å²) in [6, 6.07) is 0.868. The Bertz CT molecular complexity index is 416. The number of piperazine rings is 1. The molecule has 1 saturated carbocycles.